The Balaban J connectivity index is 3.07. The molecule has 0 aliphatic carbocycles. The summed E-state index contributed by atoms with van der Waals surface area (Å²) in [4.78, 5) is 0. The van der Waals surface area contributed by atoms with E-state index in [1.54, 1.807) is 0 Å². The fourth-order valence-corrected chi connectivity index (χ4v) is 0.553. The van der Waals surface area contributed by atoms with Crippen LogP contribution in [0.25, 0.3) is 0 Å². The molecule has 0 rings (SSSR count). The largest absolute Gasteiger partial charge is 0.350 e. The molecule has 0 aromatic rings. The molecule has 0 saturated heterocycles. The molecule has 0 N–H and O–H groups in total. The van der Waals surface area contributed by atoms with Gasteiger partial charge in [0, 0.05) is 0 Å². The van der Waals surface area contributed by atoms with Crippen molar-refractivity contribution in [3.63, 3.8) is 0 Å². The molecular weight excluding hydrogens is 254 g/mol. The molecule has 0 fully saturated rings. The maximum absolute atomic E-state index is 5.30. The summed E-state index contributed by atoms with van der Waals surface area (Å²) in [5, 5.41) is 0. The van der Waals surface area contributed by atoms with Gasteiger partial charge in [0.1, 0.15) is 16.3 Å². The van der Waals surface area contributed by atoms with E-state index in [9.17, 15) is 0 Å². The molecule has 0 unspecified atom stereocenters. The second kappa shape index (κ2) is 4.99. The van der Waals surface area contributed by atoms with Gasteiger partial charge in [0.05, 0.1) is 6.61 Å². The lowest BCUT2D eigenvalue weighted by atomic mass is 10.8. The predicted molar refractivity (Wildman–Crippen MR) is 41.1 cm³/mol. The smallest absolute Gasteiger partial charge is 0.213 e. The van der Waals surface area contributed by atoms with Crippen LogP contribution in [0.2, 0.25) is 0 Å². The lowest BCUT2D eigenvalue weighted by Crippen LogP contribution is -2.13. The van der Waals surface area contributed by atoms with Crippen LogP contribution < -0.4 is 0 Å². The van der Waals surface area contributed by atoms with Crippen LogP contribution in [-0.2, 0) is 8.57 Å². The first kappa shape index (κ1) is 10.3. The van der Waals surface area contributed by atoms with Crippen molar-refractivity contribution >= 4 is 51.1 Å². The maximum Gasteiger partial charge on any atom is 0.213 e. The molecule has 56 valence electrons. The Morgan fingerprint density at radius 3 is 2.22 bits per heavy atom. The average molecular weight is 258 g/mol. The Labute approximate surface area is 76.8 Å². The lowest BCUT2D eigenvalue weighted by Gasteiger charge is -2.08. The maximum atomic E-state index is 5.30. The Bertz CT molecular complexity index is 73.9. The molecule has 0 saturated carbocycles. The van der Waals surface area contributed by atoms with Crippen molar-refractivity contribution in [2.75, 3.05) is 13.4 Å². The van der Waals surface area contributed by atoms with E-state index >= 15 is 0 Å². The van der Waals surface area contributed by atoms with Crippen LogP contribution in [0.5, 0.6) is 0 Å². The summed E-state index contributed by atoms with van der Waals surface area (Å²) >= 11 is 18.6. The summed E-state index contributed by atoms with van der Waals surface area (Å²) in [5.41, 5.74) is 0. The molecule has 6 heteroatoms. The van der Waals surface area contributed by atoms with Gasteiger partial charge < -0.3 is 4.74 Å². The second-order valence-corrected chi connectivity index (χ2v) is 4.16. The van der Waals surface area contributed by atoms with Crippen molar-refractivity contribution in [1.29, 1.82) is 0 Å². The highest BCUT2D eigenvalue weighted by atomic mass is 79.9. The van der Waals surface area contributed by atoms with E-state index in [0.29, 0.717) is 0 Å². The van der Waals surface area contributed by atoms with Gasteiger partial charge in [-0.2, -0.15) is 0 Å². The number of alkyl halides is 3. The molecular formula is C3H4BrCl3O2. The topological polar surface area (TPSA) is 18.5 Å². The molecule has 0 aliphatic heterocycles. The summed E-state index contributed by atoms with van der Waals surface area (Å²) in [6, 6.07) is 0. The van der Waals surface area contributed by atoms with Crippen molar-refractivity contribution in [2.24, 2.45) is 0 Å². The Morgan fingerprint density at radius 2 is 1.89 bits per heavy atom. The molecule has 0 aromatic heterocycles. The number of hydrogen-bond acceptors (Lipinski definition) is 2. The predicted octanol–water partition coefficient (Wildman–Crippen LogP) is 2.66. The lowest BCUT2D eigenvalue weighted by molar-refractivity contribution is 0.0367. The van der Waals surface area contributed by atoms with Crippen molar-refractivity contribution in [1.82, 2.24) is 0 Å². The van der Waals surface area contributed by atoms with Gasteiger partial charge in [0.2, 0.25) is 3.79 Å². The van der Waals surface area contributed by atoms with Crippen molar-refractivity contribution in [3.05, 3.63) is 0 Å². The third-order valence-corrected chi connectivity index (χ3v) is 0.908. The molecule has 0 spiro atoms. The van der Waals surface area contributed by atoms with Crippen LogP contribution in [0, 0.1) is 0 Å². The second-order valence-electron chi connectivity index (χ2n) is 1.19. The van der Waals surface area contributed by atoms with Gasteiger partial charge >= 0.3 is 0 Å². The molecule has 0 aliphatic rings. The Hall–Kier alpha value is 1.27. The van der Waals surface area contributed by atoms with Crippen LogP contribution in [-0.4, -0.2) is 17.2 Å². The fraction of sp³-hybridized carbons (Fsp3) is 1.00. The average Bonchev–Trinajstić information content (AvgIpc) is 1.63. The Kier molecular flexibility index (Phi) is 5.70. The van der Waals surface area contributed by atoms with E-state index in [-0.39, 0.29) is 13.4 Å². The zero-order chi connectivity index (χ0) is 7.33. The number of hydrogen-bond donors (Lipinski definition) is 0. The van der Waals surface area contributed by atoms with E-state index in [2.05, 4.69) is 24.8 Å². The third kappa shape index (κ3) is 9.27. The summed E-state index contributed by atoms with van der Waals surface area (Å²) in [5.74, 6) is 0. The molecule has 0 amide bonds. The summed E-state index contributed by atoms with van der Waals surface area (Å²) in [7, 11) is 0. The molecule has 0 radical (unpaired) electrons. The van der Waals surface area contributed by atoms with E-state index in [1.165, 1.54) is 0 Å². The van der Waals surface area contributed by atoms with Gasteiger partial charge in [-0.25, -0.2) is 0 Å². The van der Waals surface area contributed by atoms with E-state index < -0.39 is 3.79 Å². The molecule has 0 atom stereocenters. The van der Waals surface area contributed by atoms with E-state index in [0.717, 1.165) is 0 Å². The summed E-state index contributed by atoms with van der Waals surface area (Å²) in [6.45, 7) is 0.0805. The minimum absolute atomic E-state index is 0.0171. The molecule has 0 bridgehead atoms. The van der Waals surface area contributed by atoms with Crippen molar-refractivity contribution in [2.45, 2.75) is 3.79 Å². The van der Waals surface area contributed by atoms with E-state index in [1.807, 2.05) is 0 Å². The zero-order valence-electron chi connectivity index (χ0n) is 4.24. The number of halogens is 4. The normalized spacial score (nSPS) is 12.0. The van der Waals surface area contributed by atoms with E-state index in [4.69, 9.17) is 34.8 Å². The summed E-state index contributed by atoms with van der Waals surface area (Å²) < 4.78 is 7.68. The first-order valence-electron chi connectivity index (χ1n) is 1.94. The van der Waals surface area contributed by atoms with Crippen LogP contribution in [0.3, 0.4) is 0 Å². The molecule has 0 heterocycles. The quantitative estimate of drug-likeness (QED) is 0.440. The first-order chi connectivity index (χ1) is 4.06. The van der Waals surface area contributed by atoms with Crippen LogP contribution in [0.15, 0.2) is 0 Å². The monoisotopic (exact) mass is 256 g/mol. The standard InChI is InChI=1S/C3H4BrCl3O2/c4-9-2-8-1-3(5,6)7/h1-2H2. The minimum atomic E-state index is -1.36. The van der Waals surface area contributed by atoms with Crippen molar-refractivity contribution < 1.29 is 8.57 Å². The molecule has 0 aromatic carbocycles. The number of rotatable bonds is 3. The third-order valence-electron chi connectivity index (χ3n) is 0.394. The molecule has 9 heavy (non-hydrogen) atoms. The van der Waals surface area contributed by atoms with Gasteiger partial charge in [-0.1, -0.05) is 34.8 Å². The van der Waals surface area contributed by atoms with Gasteiger partial charge in [-0.15, -0.1) is 0 Å². The molecule has 2 nitrogen and oxygen atoms in total. The highest BCUT2D eigenvalue weighted by Crippen LogP contribution is 2.25. The zero-order valence-corrected chi connectivity index (χ0v) is 8.10. The minimum Gasteiger partial charge on any atom is -0.350 e. The highest BCUT2D eigenvalue weighted by Gasteiger charge is 2.19. The SMILES string of the molecule is ClC(Cl)(Cl)COCOBr. The fourth-order valence-electron chi connectivity index (χ4n) is 0.189. The van der Waals surface area contributed by atoms with Crippen LogP contribution in [0.1, 0.15) is 0 Å². The van der Waals surface area contributed by atoms with Gasteiger partial charge in [0.15, 0.2) is 6.79 Å². The van der Waals surface area contributed by atoms with Gasteiger partial charge in [-0.05, 0) is 0 Å². The van der Waals surface area contributed by atoms with Crippen LogP contribution in [0.4, 0.5) is 0 Å². The highest BCUT2D eigenvalue weighted by molar-refractivity contribution is 9.06. The summed E-state index contributed by atoms with van der Waals surface area (Å²) in [6.07, 6.45) is 0. The number of ether oxygens (including phenoxy) is 1. The van der Waals surface area contributed by atoms with Crippen molar-refractivity contribution in [3.8, 4) is 0 Å². The van der Waals surface area contributed by atoms with Crippen LogP contribution >= 0.6 is 51.1 Å². The van der Waals surface area contributed by atoms with Gasteiger partial charge in [-0.3, -0.25) is 3.83 Å². The first-order valence-corrected chi connectivity index (χ1v) is 3.72. The van der Waals surface area contributed by atoms with Gasteiger partial charge in [0.25, 0.3) is 0 Å². The Morgan fingerprint density at radius 1 is 1.33 bits per heavy atom.